The predicted octanol–water partition coefficient (Wildman–Crippen LogP) is 0.804. The third-order valence-electron chi connectivity index (χ3n) is 2.25. The van der Waals surface area contributed by atoms with Crippen LogP contribution in [-0.4, -0.2) is 36.4 Å². The van der Waals surface area contributed by atoms with Crippen molar-refractivity contribution in [2.24, 2.45) is 5.73 Å². The Morgan fingerprint density at radius 2 is 2.18 bits per heavy atom. The molecule has 6 heteroatoms. The monoisotopic (exact) mass is 238 g/mol. The maximum absolute atomic E-state index is 10.8. The van der Waals surface area contributed by atoms with Gasteiger partial charge < -0.3 is 15.8 Å². The van der Waals surface area contributed by atoms with Gasteiger partial charge in [-0.25, -0.2) is 0 Å². The normalized spacial score (nSPS) is 10.2. The number of primary amides is 1. The average Bonchev–Trinajstić information content (AvgIpc) is 2.34. The lowest BCUT2D eigenvalue weighted by Gasteiger charge is -2.04. The summed E-state index contributed by atoms with van der Waals surface area (Å²) in [6.07, 6.45) is 3.21. The van der Waals surface area contributed by atoms with Crippen molar-refractivity contribution in [1.82, 2.24) is 10.2 Å². The van der Waals surface area contributed by atoms with E-state index in [1.54, 1.807) is 19.2 Å². The van der Waals surface area contributed by atoms with Crippen LogP contribution in [0.25, 0.3) is 0 Å². The highest BCUT2D eigenvalue weighted by atomic mass is 16.5. The minimum Gasteiger partial charge on any atom is -0.385 e. The van der Waals surface area contributed by atoms with Crippen LogP contribution >= 0.6 is 0 Å². The van der Waals surface area contributed by atoms with Crippen LogP contribution in [-0.2, 0) is 4.74 Å². The van der Waals surface area contributed by atoms with Crippen molar-refractivity contribution in [3.8, 4) is 0 Å². The Balaban J connectivity index is 2.21. The summed E-state index contributed by atoms with van der Waals surface area (Å²) >= 11 is 0. The number of methoxy groups -OCH3 is 1. The summed E-state index contributed by atoms with van der Waals surface area (Å²) < 4.78 is 4.96. The predicted molar refractivity (Wildman–Crippen MR) is 64.8 cm³/mol. The number of aromatic nitrogens is 2. The van der Waals surface area contributed by atoms with Crippen LogP contribution in [0.4, 0.5) is 5.82 Å². The summed E-state index contributed by atoms with van der Waals surface area (Å²) in [6.45, 7) is 1.63. The van der Waals surface area contributed by atoms with E-state index in [0.717, 1.165) is 32.4 Å². The molecule has 0 unspecified atom stereocenters. The highest BCUT2D eigenvalue weighted by Crippen LogP contribution is 2.03. The molecule has 0 spiro atoms. The van der Waals surface area contributed by atoms with E-state index in [1.807, 2.05) is 0 Å². The van der Waals surface area contributed by atoms with Crippen LogP contribution in [0.1, 0.15) is 29.8 Å². The lowest BCUT2D eigenvalue weighted by molar-refractivity contribution is 0.0994. The van der Waals surface area contributed by atoms with Crippen LogP contribution < -0.4 is 11.1 Å². The molecule has 0 saturated carbocycles. The molecule has 0 bridgehead atoms. The smallest absolute Gasteiger partial charge is 0.269 e. The van der Waals surface area contributed by atoms with Gasteiger partial charge in [0.05, 0.1) is 0 Å². The van der Waals surface area contributed by atoms with E-state index in [-0.39, 0.29) is 5.69 Å². The Hall–Kier alpha value is -1.69. The number of hydrogen-bond donors (Lipinski definition) is 2. The molecule has 1 rings (SSSR count). The van der Waals surface area contributed by atoms with Crippen LogP contribution in [0.15, 0.2) is 12.1 Å². The van der Waals surface area contributed by atoms with Gasteiger partial charge in [-0.3, -0.25) is 4.79 Å². The second-order valence-corrected chi connectivity index (χ2v) is 3.65. The van der Waals surface area contributed by atoms with E-state index in [0.29, 0.717) is 5.82 Å². The van der Waals surface area contributed by atoms with Gasteiger partial charge in [-0.1, -0.05) is 0 Å². The summed E-state index contributed by atoms with van der Waals surface area (Å²) in [5, 5.41) is 10.7. The van der Waals surface area contributed by atoms with Gasteiger partial charge in [0.1, 0.15) is 5.82 Å². The molecule has 0 saturated heterocycles. The van der Waals surface area contributed by atoms with Crippen molar-refractivity contribution in [1.29, 1.82) is 0 Å². The van der Waals surface area contributed by atoms with Gasteiger partial charge in [-0.15, -0.1) is 10.2 Å². The summed E-state index contributed by atoms with van der Waals surface area (Å²) in [7, 11) is 1.70. The summed E-state index contributed by atoms with van der Waals surface area (Å²) in [5.74, 6) is 0.0883. The molecule has 1 amide bonds. The number of rotatable bonds is 8. The second kappa shape index (κ2) is 7.56. The molecule has 17 heavy (non-hydrogen) atoms. The number of nitrogens with two attached hydrogens (primary N) is 1. The van der Waals surface area contributed by atoms with Gasteiger partial charge in [-0.2, -0.15) is 0 Å². The first kappa shape index (κ1) is 13.4. The molecule has 0 radical (unpaired) electrons. The summed E-state index contributed by atoms with van der Waals surface area (Å²) in [4.78, 5) is 10.8. The molecule has 0 aliphatic carbocycles. The highest BCUT2D eigenvalue weighted by Gasteiger charge is 2.02. The van der Waals surface area contributed by atoms with Gasteiger partial charge in [0.2, 0.25) is 0 Å². The molecule has 94 valence electrons. The Labute approximate surface area is 101 Å². The van der Waals surface area contributed by atoms with E-state index in [2.05, 4.69) is 15.5 Å². The first-order valence-electron chi connectivity index (χ1n) is 5.60. The molecule has 3 N–H and O–H groups in total. The van der Waals surface area contributed by atoms with E-state index < -0.39 is 5.91 Å². The van der Waals surface area contributed by atoms with Gasteiger partial charge in [0, 0.05) is 20.3 Å². The SMILES string of the molecule is COCCCCCNc1ccc(C(N)=O)nn1. The van der Waals surface area contributed by atoms with Gasteiger partial charge >= 0.3 is 0 Å². The molecule has 1 aromatic heterocycles. The van der Waals surface area contributed by atoms with E-state index in [1.165, 1.54) is 0 Å². The third kappa shape index (κ3) is 5.26. The van der Waals surface area contributed by atoms with Crippen LogP contribution in [0.5, 0.6) is 0 Å². The fourth-order valence-corrected chi connectivity index (χ4v) is 1.32. The number of nitrogens with zero attached hydrogens (tertiary/aromatic N) is 2. The molecule has 0 fully saturated rings. The summed E-state index contributed by atoms with van der Waals surface area (Å²) in [5.41, 5.74) is 5.23. The van der Waals surface area contributed by atoms with Crippen LogP contribution in [0, 0.1) is 0 Å². The molecule has 0 aliphatic heterocycles. The molecule has 0 aromatic carbocycles. The average molecular weight is 238 g/mol. The number of hydrogen-bond acceptors (Lipinski definition) is 5. The fraction of sp³-hybridized carbons (Fsp3) is 0.545. The van der Waals surface area contributed by atoms with Gasteiger partial charge in [0.15, 0.2) is 5.69 Å². The number of carbonyl (C=O) groups is 1. The third-order valence-corrected chi connectivity index (χ3v) is 2.25. The van der Waals surface area contributed by atoms with Gasteiger partial charge in [-0.05, 0) is 31.4 Å². The van der Waals surface area contributed by atoms with Crippen molar-refractivity contribution in [2.45, 2.75) is 19.3 Å². The van der Waals surface area contributed by atoms with Crippen molar-refractivity contribution < 1.29 is 9.53 Å². The quantitative estimate of drug-likeness (QED) is 0.654. The lowest BCUT2D eigenvalue weighted by atomic mass is 10.2. The zero-order valence-electron chi connectivity index (χ0n) is 9.98. The highest BCUT2D eigenvalue weighted by molar-refractivity contribution is 5.90. The van der Waals surface area contributed by atoms with Crippen LogP contribution in [0.3, 0.4) is 0 Å². The van der Waals surface area contributed by atoms with Crippen molar-refractivity contribution in [3.05, 3.63) is 17.8 Å². The number of amides is 1. The molecule has 6 nitrogen and oxygen atoms in total. The Bertz CT molecular complexity index is 340. The molecular weight excluding hydrogens is 220 g/mol. The van der Waals surface area contributed by atoms with Crippen molar-refractivity contribution in [2.75, 3.05) is 25.6 Å². The number of nitrogens with one attached hydrogen (secondary N) is 1. The first-order chi connectivity index (χ1) is 8.24. The van der Waals surface area contributed by atoms with Crippen LogP contribution in [0.2, 0.25) is 0 Å². The van der Waals surface area contributed by atoms with E-state index >= 15 is 0 Å². The molecular formula is C11H18N4O2. The maximum Gasteiger partial charge on any atom is 0.269 e. The fourth-order valence-electron chi connectivity index (χ4n) is 1.32. The van der Waals surface area contributed by atoms with Gasteiger partial charge in [0.25, 0.3) is 5.91 Å². The number of ether oxygens (including phenoxy) is 1. The van der Waals surface area contributed by atoms with E-state index in [4.69, 9.17) is 10.5 Å². The number of carbonyl (C=O) groups excluding carboxylic acids is 1. The first-order valence-corrected chi connectivity index (χ1v) is 5.60. The molecule has 1 aromatic rings. The molecule has 0 aliphatic rings. The van der Waals surface area contributed by atoms with Crippen molar-refractivity contribution >= 4 is 11.7 Å². The number of unbranched alkanes of at least 4 members (excludes halogenated alkanes) is 2. The largest absolute Gasteiger partial charge is 0.385 e. The zero-order chi connectivity index (χ0) is 12.5. The topological polar surface area (TPSA) is 90.1 Å². The molecule has 0 atom stereocenters. The van der Waals surface area contributed by atoms with Crippen molar-refractivity contribution in [3.63, 3.8) is 0 Å². The Morgan fingerprint density at radius 1 is 1.35 bits per heavy atom. The minimum absolute atomic E-state index is 0.177. The number of anilines is 1. The Morgan fingerprint density at radius 3 is 2.76 bits per heavy atom. The molecule has 1 heterocycles. The zero-order valence-corrected chi connectivity index (χ0v) is 9.98. The lowest BCUT2D eigenvalue weighted by Crippen LogP contribution is -2.14. The second-order valence-electron chi connectivity index (χ2n) is 3.65. The standard InChI is InChI=1S/C11H18N4O2/c1-17-8-4-2-3-7-13-10-6-5-9(11(12)16)14-15-10/h5-6H,2-4,7-8H2,1H3,(H2,12,16)(H,13,15). The maximum atomic E-state index is 10.8. The summed E-state index contributed by atoms with van der Waals surface area (Å²) in [6, 6.07) is 3.25. The Kier molecular flexibility index (Phi) is 5.95. The minimum atomic E-state index is -0.566. The van der Waals surface area contributed by atoms with E-state index in [9.17, 15) is 4.79 Å².